The molecule has 3 rings (SSSR count). The van der Waals surface area contributed by atoms with Crippen molar-refractivity contribution in [1.29, 1.82) is 0 Å². The van der Waals surface area contributed by atoms with E-state index in [1.807, 2.05) is 6.92 Å². The molecule has 2 amide bonds. The molecule has 0 radical (unpaired) electrons. The molecule has 1 fully saturated rings. The summed E-state index contributed by atoms with van der Waals surface area (Å²) in [4.78, 5) is 26.4. The first kappa shape index (κ1) is 18.4. The monoisotopic (exact) mass is 374 g/mol. The average Bonchev–Trinajstić information content (AvgIpc) is 2.99. The molecule has 1 aliphatic rings. The lowest BCUT2D eigenvalue weighted by Gasteiger charge is -2.17. The van der Waals surface area contributed by atoms with Crippen molar-refractivity contribution in [2.75, 3.05) is 18.4 Å². The van der Waals surface area contributed by atoms with Gasteiger partial charge in [-0.3, -0.25) is 9.59 Å². The van der Waals surface area contributed by atoms with Crippen LogP contribution in [0.5, 0.6) is 0 Å². The number of nitrogens with one attached hydrogen (secondary N) is 1. The zero-order valence-electron chi connectivity index (χ0n) is 14.5. The zero-order valence-corrected chi connectivity index (χ0v) is 15.2. The largest absolute Gasteiger partial charge is 0.342 e. The van der Waals surface area contributed by atoms with E-state index in [0.717, 1.165) is 11.1 Å². The highest BCUT2D eigenvalue weighted by atomic mass is 35.5. The molecule has 26 heavy (non-hydrogen) atoms. The fourth-order valence-electron chi connectivity index (χ4n) is 3.06. The molecule has 0 aliphatic carbocycles. The van der Waals surface area contributed by atoms with Crippen molar-refractivity contribution in [3.8, 4) is 0 Å². The van der Waals surface area contributed by atoms with E-state index >= 15 is 0 Å². The van der Waals surface area contributed by atoms with Crippen LogP contribution in [0.4, 0.5) is 10.1 Å². The summed E-state index contributed by atoms with van der Waals surface area (Å²) in [6.07, 6.45) is 0.836. The number of amides is 2. The first-order chi connectivity index (χ1) is 12.4. The Balaban J connectivity index is 1.57. The van der Waals surface area contributed by atoms with Gasteiger partial charge in [-0.2, -0.15) is 0 Å². The van der Waals surface area contributed by atoms with Gasteiger partial charge in [-0.1, -0.05) is 29.8 Å². The van der Waals surface area contributed by atoms with E-state index in [1.54, 1.807) is 35.2 Å². The fraction of sp³-hybridized carbons (Fsp3) is 0.300. The summed E-state index contributed by atoms with van der Waals surface area (Å²) in [5.41, 5.74) is 2.43. The fourth-order valence-corrected chi connectivity index (χ4v) is 3.23. The molecule has 0 saturated carbocycles. The van der Waals surface area contributed by atoms with Gasteiger partial charge in [-0.05, 0) is 48.7 Å². The minimum Gasteiger partial charge on any atom is -0.342 e. The minimum absolute atomic E-state index is 0.0323. The van der Waals surface area contributed by atoms with Gasteiger partial charge in [-0.15, -0.1) is 0 Å². The number of halogens is 2. The van der Waals surface area contributed by atoms with Crippen LogP contribution >= 0.6 is 11.6 Å². The molecule has 2 aromatic rings. The number of hydrogen-bond acceptors (Lipinski definition) is 2. The number of hydrogen-bond donors (Lipinski definition) is 1. The Morgan fingerprint density at radius 3 is 2.73 bits per heavy atom. The van der Waals surface area contributed by atoms with Gasteiger partial charge in [0.15, 0.2) is 0 Å². The SMILES string of the molecule is Cc1c(Cl)cccc1NC(=O)C1CC(=O)N(CCc2ccc(F)cc2)C1. The Kier molecular flexibility index (Phi) is 5.57. The molecule has 1 unspecified atom stereocenters. The van der Waals surface area contributed by atoms with E-state index in [4.69, 9.17) is 11.6 Å². The quantitative estimate of drug-likeness (QED) is 0.865. The summed E-state index contributed by atoms with van der Waals surface area (Å²) in [5.74, 6) is -0.865. The normalized spacial score (nSPS) is 16.8. The van der Waals surface area contributed by atoms with Crippen molar-refractivity contribution < 1.29 is 14.0 Å². The highest BCUT2D eigenvalue weighted by molar-refractivity contribution is 6.31. The molecule has 0 aromatic heterocycles. The van der Waals surface area contributed by atoms with Crippen LogP contribution in [-0.2, 0) is 16.0 Å². The Bertz CT molecular complexity index is 823. The number of anilines is 1. The predicted octanol–water partition coefficient (Wildman–Crippen LogP) is 3.82. The molecule has 0 bridgehead atoms. The molecule has 1 atom stereocenters. The summed E-state index contributed by atoms with van der Waals surface area (Å²) in [6, 6.07) is 11.6. The molecule has 4 nitrogen and oxygen atoms in total. The summed E-state index contributed by atoms with van der Waals surface area (Å²) in [7, 11) is 0. The smallest absolute Gasteiger partial charge is 0.229 e. The van der Waals surface area contributed by atoms with Crippen molar-refractivity contribution in [3.63, 3.8) is 0 Å². The summed E-state index contributed by atoms with van der Waals surface area (Å²) in [5, 5.41) is 3.46. The molecule has 1 N–H and O–H groups in total. The number of nitrogens with zero attached hydrogens (tertiary/aromatic N) is 1. The topological polar surface area (TPSA) is 49.4 Å². The van der Waals surface area contributed by atoms with E-state index in [2.05, 4.69) is 5.32 Å². The first-order valence-electron chi connectivity index (χ1n) is 8.52. The van der Waals surface area contributed by atoms with Crippen molar-refractivity contribution in [2.45, 2.75) is 19.8 Å². The molecule has 2 aromatic carbocycles. The lowest BCUT2D eigenvalue weighted by molar-refractivity contribution is -0.128. The van der Waals surface area contributed by atoms with Crippen LogP contribution < -0.4 is 5.32 Å². The molecule has 1 aliphatic heterocycles. The maximum absolute atomic E-state index is 12.9. The van der Waals surface area contributed by atoms with Gasteiger partial charge in [0.1, 0.15) is 5.82 Å². The standard InChI is InChI=1S/C20H20ClFN2O2/c1-13-17(21)3-2-4-18(13)23-20(26)15-11-19(25)24(12-15)10-9-14-5-7-16(22)8-6-14/h2-8,15H,9-12H2,1H3,(H,23,26). The van der Waals surface area contributed by atoms with Crippen LogP contribution in [-0.4, -0.2) is 29.8 Å². The second-order valence-electron chi connectivity index (χ2n) is 6.52. The van der Waals surface area contributed by atoms with Crippen LogP contribution in [0.25, 0.3) is 0 Å². The van der Waals surface area contributed by atoms with Gasteiger partial charge in [0.2, 0.25) is 11.8 Å². The second kappa shape index (κ2) is 7.87. The average molecular weight is 375 g/mol. The zero-order chi connectivity index (χ0) is 18.7. The highest BCUT2D eigenvalue weighted by Gasteiger charge is 2.34. The summed E-state index contributed by atoms with van der Waals surface area (Å²) < 4.78 is 12.9. The maximum atomic E-state index is 12.9. The third-order valence-electron chi connectivity index (χ3n) is 4.69. The minimum atomic E-state index is -0.380. The van der Waals surface area contributed by atoms with Crippen LogP contribution in [0.3, 0.4) is 0 Å². The van der Waals surface area contributed by atoms with Crippen molar-refractivity contribution in [1.82, 2.24) is 4.90 Å². The van der Waals surface area contributed by atoms with Crippen molar-refractivity contribution >= 4 is 29.1 Å². The van der Waals surface area contributed by atoms with Gasteiger partial charge in [0, 0.05) is 30.2 Å². The number of benzene rings is 2. The molecular formula is C20H20ClFN2O2. The number of carbonyl (C=O) groups is 2. The molecular weight excluding hydrogens is 355 g/mol. The van der Waals surface area contributed by atoms with Crippen LogP contribution in [0.15, 0.2) is 42.5 Å². The lowest BCUT2D eigenvalue weighted by Crippen LogP contribution is -2.30. The van der Waals surface area contributed by atoms with E-state index in [9.17, 15) is 14.0 Å². The Hall–Kier alpha value is -2.40. The van der Waals surface area contributed by atoms with Gasteiger partial charge < -0.3 is 10.2 Å². The number of rotatable bonds is 5. The Morgan fingerprint density at radius 2 is 2.00 bits per heavy atom. The van der Waals surface area contributed by atoms with Crippen LogP contribution in [0, 0.1) is 18.7 Å². The highest BCUT2D eigenvalue weighted by Crippen LogP contribution is 2.25. The molecule has 136 valence electrons. The Labute approximate surface area is 157 Å². The van der Waals surface area contributed by atoms with E-state index in [1.165, 1.54) is 12.1 Å². The molecule has 1 heterocycles. The van der Waals surface area contributed by atoms with Gasteiger partial charge in [0.25, 0.3) is 0 Å². The molecule has 6 heteroatoms. The van der Waals surface area contributed by atoms with Crippen molar-refractivity contribution in [3.05, 3.63) is 64.4 Å². The van der Waals surface area contributed by atoms with Crippen molar-refractivity contribution in [2.24, 2.45) is 5.92 Å². The van der Waals surface area contributed by atoms with Crippen LogP contribution in [0.1, 0.15) is 17.5 Å². The van der Waals surface area contributed by atoms with E-state index < -0.39 is 0 Å². The van der Waals surface area contributed by atoms with E-state index in [0.29, 0.717) is 30.2 Å². The van der Waals surface area contributed by atoms with E-state index in [-0.39, 0.29) is 30.0 Å². The summed E-state index contributed by atoms with van der Waals surface area (Å²) in [6.45, 7) is 2.75. The van der Waals surface area contributed by atoms with Gasteiger partial charge in [0.05, 0.1) is 5.92 Å². The molecule has 0 spiro atoms. The van der Waals surface area contributed by atoms with Gasteiger partial charge >= 0.3 is 0 Å². The lowest BCUT2D eigenvalue weighted by atomic mass is 10.1. The second-order valence-corrected chi connectivity index (χ2v) is 6.93. The predicted molar refractivity (Wildman–Crippen MR) is 99.6 cm³/mol. The third-order valence-corrected chi connectivity index (χ3v) is 5.10. The summed E-state index contributed by atoms with van der Waals surface area (Å²) >= 11 is 6.08. The number of carbonyl (C=O) groups excluding carboxylic acids is 2. The molecule has 1 saturated heterocycles. The third kappa shape index (κ3) is 4.22. The maximum Gasteiger partial charge on any atom is 0.229 e. The Morgan fingerprint density at radius 1 is 1.27 bits per heavy atom. The van der Waals surface area contributed by atoms with Gasteiger partial charge in [-0.25, -0.2) is 4.39 Å². The van der Waals surface area contributed by atoms with Crippen LogP contribution in [0.2, 0.25) is 5.02 Å². The number of likely N-dealkylation sites (tertiary alicyclic amines) is 1. The first-order valence-corrected chi connectivity index (χ1v) is 8.90.